The topological polar surface area (TPSA) is 73.6 Å². The molecule has 1 amide bonds. The van der Waals surface area contributed by atoms with Gasteiger partial charge < -0.3 is 19.3 Å². The number of para-hydroxylation sites is 1. The number of ether oxygens (including phenoxy) is 2. The average Bonchev–Trinajstić information content (AvgIpc) is 2.91. The van der Waals surface area contributed by atoms with Crippen LogP contribution in [0.3, 0.4) is 0 Å². The second-order valence-electron chi connectivity index (χ2n) is 5.34. The van der Waals surface area contributed by atoms with Gasteiger partial charge in [0.15, 0.2) is 11.5 Å². The van der Waals surface area contributed by atoms with Crippen LogP contribution in [0.1, 0.15) is 17.0 Å². The zero-order valence-electron chi connectivity index (χ0n) is 12.6. The summed E-state index contributed by atoms with van der Waals surface area (Å²) < 4.78 is 16.1. The van der Waals surface area contributed by atoms with Gasteiger partial charge in [0.05, 0.1) is 25.3 Å². The first kappa shape index (κ1) is 14.4. The van der Waals surface area contributed by atoms with Gasteiger partial charge in [-0.3, -0.25) is 4.79 Å². The van der Waals surface area contributed by atoms with Crippen LogP contribution in [0.25, 0.3) is 0 Å². The van der Waals surface area contributed by atoms with Crippen molar-refractivity contribution in [3.05, 3.63) is 41.3 Å². The van der Waals surface area contributed by atoms with E-state index in [1.807, 2.05) is 25.1 Å². The molecule has 2 aromatic rings. The standard InChI is InChI=1S/C16H18N2O4/c1-10-6-13(22-18-10)8-15(19)17-12-7-11-4-3-5-14(20-2)16(11)21-9-12/h3-6,12H,7-9H2,1-2H3,(H,17,19)/t12-/m1/s1. The number of amides is 1. The number of nitrogens with one attached hydrogen (secondary N) is 1. The molecular formula is C16H18N2O4. The highest BCUT2D eigenvalue weighted by molar-refractivity contribution is 5.78. The molecule has 116 valence electrons. The van der Waals surface area contributed by atoms with E-state index >= 15 is 0 Å². The fraction of sp³-hybridized carbons (Fsp3) is 0.375. The summed E-state index contributed by atoms with van der Waals surface area (Å²) in [4.78, 5) is 12.0. The number of carbonyl (C=O) groups excluding carboxylic acids is 1. The molecule has 1 atom stereocenters. The molecule has 0 bridgehead atoms. The maximum absolute atomic E-state index is 12.0. The van der Waals surface area contributed by atoms with Crippen molar-refractivity contribution < 1.29 is 18.8 Å². The molecule has 1 aromatic carbocycles. The largest absolute Gasteiger partial charge is 0.493 e. The van der Waals surface area contributed by atoms with Crippen molar-refractivity contribution in [1.82, 2.24) is 10.5 Å². The fourth-order valence-corrected chi connectivity index (χ4v) is 2.58. The molecule has 1 aliphatic heterocycles. The van der Waals surface area contributed by atoms with Crippen molar-refractivity contribution in [2.24, 2.45) is 0 Å². The van der Waals surface area contributed by atoms with Gasteiger partial charge in [0.1, 0.15) is 12.4 Å². The Balaban J connectivity index is 1.61. The van der Waals surface area contributed by atoms with Crippen molar-refractivity contribution in [3.8, 4) is 11.5 Å². The number of hydrogen-bond acceptors (Lipinski definition) is 5. The van der Waals surface area contributed by atoms with Crippen LogP contribution in [0.15, 0.2) is 28.8 Å². The second kappa shape index (κ2) is 6.09. The number of benzene rings is 1. The predicted octanol–water partition coefficient (Wildman–Crippen LogP) is 1.65. The van der Waals surface area contributed by atoms with E-state index in [9.17, 15) is 4.79 Å². The number of hydrogen-bond donors (Lipinski definition) is 1. The number of rotatable bonds is 4. The van der Waals surface area contributed by atoms with Crippen LogP contribution < -0.4 is 14.8 Å². The Morgan fingerprint density at radius 2 is 2.36 bits per heavy atom. The minimum atomic E-state index is -0.101. The number of aryl methyl sites for hydroxylation is 1. The van der Waals surface area contributed by atoms with Crippen molar-refractivity contribution >= 4 is 5.91 Å². The maximum atomic E-state index is 12.0. The van der Waals surface area contributed by atoms with Crippen LogP contribution in [-0.2, 0) is 17.6 Å². The van der Waals surface area contributed by atoms with Crippen LogP contribution in [0.2, 0.25) is 0 Å². The lowest BCUT2D eigenvalue weighted by molar-refractivity contribution is -0.121. The van der Waals surface area contributed by atoms with Gasteiger partial charge in [0.25, 0.3) is 0 Å². The lowest BCUT2D eigenvalue weighted by Crippen LogP contribution is -2.43. The number of nitrogens with zero attached hydrogens (tertiary/aromatic N) is 1. The quantitative estimate of drug-likeness (QED) is 0.929. The van der Waals surface area contributed by atoms with E-state index in [1.54, 1.807) is 13.2 Å². The summed E-state index contributed by atoms with van der Waals surface area (Å²) in [5.41, 5.74) is 1.80. The minimum Gasteiger partial charge on any atom is -0.493 e. The molecule has 2 heterocycles. The highest BCUT2D eigenvalue weighted by Gasteiger charge is 2.24. The summed E-state index contributed by atoms with van der Waals surface area (Å²) in [6, 6.07) is 7.47. The Morgan fingerprint density at radius 3 is 3.09 bits per heavy atom. The molecule has 6 nitrogen and oxygen atoms in total. The van der Waals surface area contributed by atoms with Crippen LogP contribution in [0, 0.1) is 6.92 Å². The van der Waals surface area contributed by atoms with Gasteiger partial charge in [0.2, 0.25) is 5.91 Å². The summed E-state index contributed by atoms with van der Waals surface area (Å²) in [5, 5.41) is 6.73. The molecule has 6 heteroatoms. The zero-order valence-corrected chi connectivity index (χ0v) is 12.6. The monoisotopic (exact) mass is 302 g/mol. The van der Waals surface area contributed by atoms with Gasteiger partial charge >= 0.3 is 0 Å². The van der Waals surface area contributed by atoms with Gasteiger partial charge in [-0.15, -0.1) is 0 Å². The van der Waals surface area contributed by atoms with E-state index in [0.717, 1.165) is 22.8 Å². The summed E-state index contributed by atoms with van der Waals surface area (Å²) in [5.74, 6) is 1.95. The molecule has 1 aromatic heterocycles. The lowest BCUT2D eigenvalue weighted by Gasteiger charge is -2.27. The normalized spacial score (nSPS) is 16.5. The molecule has 1 aliphatic rings. The second-order valence-corrected chi connectivity index (χ2v) is 5.34. The SMILES string of the molecule is COc1cccc2c1OC[C@H](NC(=O)Cc1cc(C)no1)C2. The lowest BCUT2D eigenvalue weighted by atomic mass is 10.0. The number of methoxy groups -OCH3 is 1. The first-order valence-corrected chi connectivity index (χ1v) is 7.16. The van der Waals surface area contributed by atoms with E-state index in [-0.39, 0.29) is 18.4 Å². The first-order chi connectivity index (χ1) is 10.7. The van der Waals surface area contributed by atoms with Crippen LogP contribution in [0.5, 0.6) is 11.5 Å². The van der Waals surface area contributed by atoms with E-state index in [2.05, 4.69) is 10.5 Å². The van der Waals surface area contributed by atoms with E-state index in [1.165, 1.54) is 0 Å². The molecule has 0 saturated heterocycles. The molecule has 0 radical (unpaired) electrons. The van der Waals surface area contributed by atoms with Gasteiger partial charge in [-0.2, -0.15) is 0 Å². The summed E-state index contributed by atoms with van der Waals surface area (Å²) in [6.45, 7) is 2.25. The Morgan fingerprint density at radius 1 is 1.50 bits per heavy atom. The van der Waals surface area contributed by atoms with E-state index < -0.39 is 0 Å². The predicted molar refractivity (Wildman–Crippen MR) is 79.1 cm³/mol. The smallest absolute Gasteiger partial charge is 0.228 e. The minimum absolute atomic E-state index is 0.0591. The van der Waals surface area contributed by atoms with Gasteiger partial charge in [0, 0.05) is 11.6 Å². The number of fused-ring (bicyclic) bond motifs is 1. The molecule has 22 heavy (non-hydrogen) atoms. The molecule has 0 spiro atoms. The van der Waals surface area contributed by atoms with Crippen LogP contribution in [-0.4, -0.2) is 30.8 Å². The third-order valence-corrected chi connectivity index (χ3v) is 3.55. The Kier molecular flexibility index (Phi) is 4.00. The Labute approximate surface area is 128 Å². The highest BCUT2D eigenvalue weighted by atomic mass is 16.5. The highest BCUT2D eigenvalue weighted by Crippen LogP contribution is 2.34. The van der Waals surface area contributed by atoms with Crippen molar-refractivity contribution in [2.45, 2.75) is 25.8 Å². The third-order valence-electron chi connectivity index (χ3n) is 3.55. The molecule has 3 rings (SSSR count). The zero-order chi connectivity index (χ0) is 15.5. The Bertz CT molecular complexity index is 681. The average molecular weight is 302 g/mol. The fourth-order valence-electron chi connectivity index (χ4n) is 2.58. The van der Waals surface area contributed by atoms with Crippen molar-refractivity contribution in [2.75, 3.05) is 13.7 Å². The summed E-state index contributed by atoms with van der Waals surface area (Å²) >= 11 is 0. The van der Waals surface area contributed by atoms with E-state index in [4.69, 9.17) is 14.0 Å². The molecule has 0 unspecified atom stereocenters. The van der Waals surface area contributed by atoms with Crippen LogP contribution >= 0.6 is 0 Å². The molecule has 0 aliphatic carbocycles. The summed E-state index contributed by atoms with van der Waals surface area (Å²) in [6.07, 6.45) is 0.899. The van der Waals surface area contributed by atoms with Gasteiger partial charge in [-0.05, 0) is 19.4 Å². The third kappa shape index (κ3) is 3.05. The van der Waals surface area contributed by atoms with Gasteiger partial charge in [-0.25, -0.2) is 0 Å². The molecule has 1 N–H and O–H groups in total. The van der Waals surface area contributed by atoms with Crippen LogP contribution in [0.4, 0.5) is 0 Å². The van der Waals surface area contributed by atoms with Gasteiger partial charge in [-0.1, -0.05) is 17.3 Å². The Hall–Kier alpha value is -2.50. The first-order valence-electron chi connectivity index (χ1n) is 7.16. The van der Waals surface area contributed by atoms with E-state index in [0.29, 0.717) is 18.8 Å². The summed E-state index contributed by atoms with van der Waals surface area (Å²) in [7, 11) is 1.62. The van der Waals surface area contributed by atoms with Crippen molar-refractivity contribution in [1.29, 1.82) is 0 Å². The van der Waals surface area contributed by atoms with Crippen molar-refractivity contribution in [3.63, 3.8) is 0 Å². The number of aromatic nitrogens is 1. The maximum Gasteiger partial charge on any atom is 0.228 e. The molecule has 0 fully saturated rings. The molecular weight excluding hydrogens is 284 g/mol. The molecule has 0 saturated carbocycles. The number of carbonyl (C=O) groups is 1.